The lowest BCUT2D eigenvalue weighted by Crippen LogP contribution is -2.41. The molecule has 0 unspecified atom stereocenters. The molecule has 7 heteroatoms. The molecule has 5 aromatic rings. The predicted molar refractivity (Wildman–Crippen MR) is 164 cm³/mol. The van der Waals surface area contributed by atoms with E-state index in [1.165, 1.54) is 16.5 Å². The van der Waals surface area contributed by atoms with Gasteiger partial charge in [-0.3, -0.25) is 14.7 Å². The Morgan fingerprint density at radius 3 is 2.38 bits per heavy atom. The van der Waals surface area contributed by atoms with Gasteiger partial charge in [0.15, 0.2) is 5.76 Å². The fraction of sp³-hybridized carbons (Fsp3) is 0.257. The molecule has 214 valence electrons. The number of ether oxygens (including phenoxy) is 2. The summed E-state index contributed by atoms with van der Waals surface area (Å²) in [5, 5.41) is 1.17. The highest BCUT2D eigenvalue weighted by molar-refractivity contribution is 5.92. The highest BCUT2D eigenvalue weighted by Gasteiger charge is 2.26. The van der Waals surface area contributed by atoms with E-state index in [0.717, 1.165) is 48.5 Å². The van der Waals surface area contributed by atoms with E-state index in [0.29, 0.717) is 24.6 Å². The largest absolute Gasteiger partial charge is 0.497 e. The van der Waals surface area contributed by atoms with Crippen LogP contribution in [0.2, 0.25) is 0 Å². The first-order valence-electron chi connectivity index (χ1n) is 14.4. The van der Waals surface area contributed by atoms with Crippen LogP contribution in [-0.4, -0.2) is 54.0 Å². The van der Waals surface area contributed by atoms with E-state index in [-0.39, 0.29) is 12.0 Å². The van der Waals surface area contributed by atoms with Gasteiger partial charge in [0, 0.05) is 56.2 Å². The average Bonchev–Trinajstić information content (AvgIpc) is 3.52. The number of aromatic nitrogens is 1. The highest BCUT2D eigenvalue weighted by Crippen LogP contribution is 2.27. The molecule has 1 fully saturated rings. The maximum absolute atomic E-state index is 13.1. The third-order valence-corrected chi connectivity index (χ3v) is 7.72. The van der Waals surface area contributed by atoms with Crippen molar-refractivity contribution in [2.24, 2.45) is 0 Å². The number of rotatable bonds is 9. The number of benzene rings is 3. The summed E-state index contributed by atoms with van der Waals surface area (Å²) in [6.45, 7) is 2.98. The lowest BCUT2D eigenvalue weighted by atomic mass is 10.1. The number of carbonyl (C=O) groups is 1. The number of hydrogen-bond donors (Lipinski definition) is 0. The van der Waals surface area contributed by atoms with Gasteiger partial charge in [-0.25, -0.2) is 0 Å². The number of nitrogens with zero attached hydrogens (tertiary/aromatic N) is 3. The van der Waals surface area contributed by atoms with Crippen LogP contribution in [0, 0.1) is 0 Å². The third-order valence-electron chi connectivity index (χ3n) is 7.72. The summed E-state index contributed by atoms with van der Waals surface area (Å²) < 4.78 is 17.4. The van der Waals surface area contributed by atoms with Crippen LogP contribution in [0.4, 0.5) is 0 Å². The minimum absolute atomic E-state index is 0.0800. The zero-order valence-electron chi connectivity index (χ0n) is 24.0. The molecule has 1 saturated heterocycles. The van der Waals surface area contributed by atoms with E-state index < -0.39 is 0 Å². The first kappa shape index (κ1) is 27.5. The quantitative estimate of drug-likeness (QED) is 0.197. The molecular formula is C35H35N3O4. The van der Waals surface area contributed by atoms with Crippen molar-refractivity contribution < 1.29 is 18.7 Å². The summed E-state index contributed by atoms with van der Waals surface area (Å²) in [6, 6.07) is 30.1. The Morgan fingerprint density at radius 2 is 1.62 bits per heavy atom. The average molecular weight is 562 g/mol. The zero-order valence-corrected chi connectivity index (χ0v) is 24.0. The Balaban J connectivity index is 0.970. The normalized spacial score (nSPS) is 13.9. The van der Waals surface area contributed by atoms with Gasteiger partial charge in [-0.1, -0.05) is 24.3 Å². The summed E-state index contributed by atoms with van der Waals surface area (Å²) in [4.78, 5) is 21.6. The molecule has 0 bridgehead atoms. The maximum Gasteiger partial charge on any atom is 0.289 e. The molecule has 0 spiro atoms. The smallest absolute Gasteiger partial charge is 0.289 e. The van der Waals surface area contributed by atoms with Gasteiger partial charge in [0.25, 0.3) is 5.91 Å². The molecule has 7 nitrogen and oxygen atoms in total. The van der Waals surface area contributed by atoms with Crippen molar-refractivity contribution in [3.8, 4) is 22.8 Å². The van der Waals surface area contributed by atoms with Crippen molar-refractivity contribution in [3.63, 3.8) is 0 Å². The van der Waals surface area contributed by atoms with Gasteiger partial charge < -0.3 is 18.8 Å². The van der Waals surface area contributed by atoms with Gasteiger partial charge in [0.2, 0.25) is 0 Å². The summed E-state index contributed by atoms with van der Waals surface area (Å²) in [6.07, 6.45) is 3.47. The lowest BCUT2D eigenvalue weighted by molar-refractivity contribution is 0.0567. The molecule has 1 amide bonds. The second-order valence-electron chi connectivity index (χ2n) is 10.8. The van der Waals surface area contributed by atoms with E-state index in [9.17, 15) is 4.79 Å². The van der Waals surface area contributed by atoms with Gasteiger partial charge in [-0.15, -0.1) is 0 Å². The fourth-order valence-corrected chi connectivity index (χ4v) is 5.46. The van der Waals surface area contributed by atoms with Gasteiger partial charge >= 0.3 is 0 Å². The molecule has 0 radical (unpaired) electrons. The van der Waals surface area contributed by atoms with Crippen LogP contribution in [0.5, 0.6) is 11.5 Å². The summed E-state index contributed by atoms with van der Waals surface area (Å²) >= 11 is 0. The number of methoxy groups -OCH3 is 1. The number of likely N-dealkylation sites (tertiary alicyclic amines) is 1. The lowest BCUT2D eigenvalue weighted by Gasteiger charge is -2.31. The van der Waals surface area contributed by atoms with Crippen molar-refractivity contribution in [1.29, 1.82) is 0 Å². The van der Waals surface area contributed by atoms with Crippen LogP contribution in [0.3, 0.4) is 0 Å². The molecule has 1 aliphatic heterocycles. The number of fused-ring (bicyclic) bond motifs is 1. The first-order valence-corrected chi connectivity index (χ1v) is 14.4. The molecule has 2 aromatic heterocycles. The number of furan rings is 1. The Hall–Kier alpha value is -4.62. The third kappa shape index (κ3) is 6.47. The monoisotopic (exact) mass is 561 g/mol. The van der Waals surface area contributed by atoms with Crippen molar-refractivity contribution >= 4 is 16.8 Å². The van der Waals surface area contributed by atoms with E-state index >= 15 is 0 Å². The van der Waals surface area contributed by atoms with Crippen LogP contribution in [-0.2, 0) is 13.1 Å². The van der Waals surface area contributed by atoms with Gasteiger partial charge in [-0.2, -0.15) is 0 Å². The molecule has 0 atom stereocenters. The Kier molecular flexibility index (Phi) is 8.19. The Labute approximate surface area is 246 Å². The van der Waals surface area contributed by atoms with Crippen molar-refractivity contribution in [2.75, 3.05) is 27.2 Å². The summed E-state index contributed by atoms with van der Waals surface area (Å²) in [7, 11) is 3.77. The van der Waals surface area contributed by atoms with Crippen LogP contribution in [0.1, 0.15) is 34.5 Å². The topological polar surface area (TPSA) is 68.0 Å². The van der Waals surface area contributed by atoms with Gasteiger partial charge in [0.1, 0.15) is 23.4 Å². The van der Waals surface area contributed by atoms with Crippen molar-refractivity contribution in [2.45, 2.75) is 32.0 Å². The van der Waals surface area contributed by atoms with Crippen LogP contribution in [0.15, 0.2) is 102 Å². The van der Waals surface area contributed by atoms with Crippen molar-refractivity contribution in [3.05, 3.63) is 114 Å². The van der Waals surface area contributed by atoms with E-state index in [4.69, 9.17) is 13.9 Å². The van der Waals surface area contributed by atoms with E-state index in [1.54, 1.807) is 13.2 Å². The molecule has 1 aliphatic rings. The second kappa shape index (κ2) is 12.5. The van der Waals surface area contributed by atoms with E-state index in [1.807, 2.05) is 59.6 Å². The minimum atomic E-state index is -0.0814. The van der Waals surface area contributed by atoms with Crippen LogP contribution in [0.25, 0.3) is 22.2 Å². The minimum Gasteiger partial charge on any atom is -0.497 e. The number of piperidine rings is 1. The highest BCUT2D eigenvalue weighted by atomic mass is 16.5. The molecule has 3 heterocycles. The van der Waals surface area contributed by atoms with Crippen LogP contribution < -0.4 is 9.47 Å². The fourth-order valence-electron chi connectivity index (χ4n) is 5.46. The standard InChI is InChI=1S/C35H35N3O4/c1-37(24-26-7-14-32-28(22-26)4-3-19-36-32)23-25-5-10-30(11-6-25)41-31-17-20-38(21-18-31)35(39)34-16-15-33(42-34)27-8-12-29(40-2)13-9-27/h3-16,19,22,31H,17-18,20-21,23-24H2,1-2H3. The Bertz CT molecular complexity index is 1640. The zero-order chi connectivity index (χ0) is 28.9. The number of hydrogen-bond acceptors (Lipinski definition) is 6. The number of amides is 1. The summed E-state index contributed by atoms with van der Waals surface area (Å²) in [5.74, 6) is 2.59. The van der Waals surface area contributed by atoms with Crippen LogP contribution >= 0.6 is 0 Å². The molecule has 0 aliphatic carbocycles. The molecule has 6 rings (SSSR count). The Morgan fingerprint density at radius 1 is 0.905 bits per heavy atom. The molecular weight excluding hydrogens is 526 g/mol. The second-order valence-corrected chi connectivity index (χ2v) is 10.8. The number of pyridine rings is 1. The summed E-state index contributed by atoms with van der Waals surface area (Å²) in [5.41, 5.74) is 4.43. The molecule has 0 N–H and O–H groups in total. The molecule has 3 aromatic carbocycles. The maximum atomic E-state index is 13.1. The van der Waals surface area contributed by atoms with Gasteiger partial charge in [0.05, 0.1) is 12.6 Å². The SMILES string of the molecule is COc1ccc(-c2ccc(C(=O)N3CCC(Oc4ccc(CN(C)Cc5ccc6ncccc6c5)cc4)CC3)o2)cc1. The van der Waals surface area contributed by atoms with E-state index in [2.05, 4.69) is 53.3 Å². The first-order chi connectivity index (χ1) is 20.5. The number of carbonyl (C=O) groups excluding carboxylic acids is 1. The van der Waals surface area contributed by atoms with Crippen molar-refractivity contribution in [1.82, 2.24) is 14.8 Å². The molecule has 0 saturated carbocycles. The predicted octanol–water partition coefficient (Wildman–Crippen LogP) is 6.82. The van der Waals surface area contributed by atoms with Gasteiger partial charge in [-0.05, 0) is 84.9 Å². The molecule has 42 heavy (non-hydrogen) atoms.